The van der Waals surface area contributed by atoms with Crippen molar-refractivity contribution in [3.63, 3.8) is 0 Å². The van der Waals surface area contributed by atoms with Gasteiger partial charge in [0.2, 0.25) is 0 Å². The van der Waals surface area contributed by atoms with E-state index in [0.29, 0.717) is 6.04 Å². The van der Waals surface area contributed by atoms with Gasteiger partial charge in [-0.15, -0.1) is 0 Å². The molecule has 0 atom stereocenters. The fourth-order valence-corrected chi connectivity index (χ4v) is 1.14. The van der Waals surface area contributed by atoms with Crippen LogP contribution in [0.15, 0.2) is 0 Å². The van der Waals surface area contributed by atoms with Crippen molar-refractivity contribution in [2.75, 3.05) is 25.4 Å². The van der Waals surface area contributed by atoms with Crippen LogP contribution in [-0.2, 0) is 0 Å². The quantitative estimate of drug-likeness (QED) is 0.580. The zero-order valence-corrected chi connectivity index (χ0v) is 7.64. The lowest BCUT2D eigenvalue weighted by molar-refractivity contribution is 0.174. The molecule has 0 saturated carbocycles. The molecule has 0 aliphatic carbocycles. The van der Waals surface area contributed by atoms with Gasteiger partial charge in [-0.25, -0.2) is 0 Å². The summed E-state index contributed by atoms with van der Waals surface area (Å²) in [5.41, 5.74) is 0. The zero-order chi connectivity index (χ0) is 7.98. The molecule has 2 nitrogen and oxygen atoms in total. The van der Waals surface area contributed by atoms with E-state index in [1.807, 2.05) is 0 Å². The van der Waals surface area contributed by atoms with Gasteiger partial charge in [-0.1, -0.05) is 0 Å². The molecule has 0 spiro atoms. The maximum Gasteiger partial charge on any atom is 0.0558 e. The molecule has 0 amide bonds. The van der Waals surface area contributed by atoms with Gasteiger partial charge in [0.1, 0.15) is 0 Å². The molecule has 0 heterocycles. The van der Waals surface area contributed by atoms with Crippen LogP contribution in [0.3, 0.4) is 0 Å². The Labute approximate surface area is 68.6 Å². The van der Waals surface area contributed by atoms with Crippen LogP contribution in [0.25, 0.3) is 0 Å². The van der Waals surface area contributed by atoms with Crippen LogP contribution in [0.4, 0.5) is 0 Å². The zero-order valence-electron chi connectivity index (χ0n) is 6.75. The second-order valence-corrected chi connectivity index (χ2v) is 3.02. The summed E-state index contributed by atoms with van der Waals surface area (Å²) >= 11 is 4.12. The second-order valence-electron chi connectivity index (χ2n) is 2.58. The highest BCUT2D eigenvalue weighted by Crippen LogP contribution is 1.96. The molecule has 1 N–H and O–H groups in total. The van der Waals surface area contributed by atoms with Gasteiger partial charge in [0.25, 0.3) is 0 Å². The molecule has 0 unspecified atom stereocenters. The van der Waals surface area contributed by atoms with Crippen molar-refractivity contribution in [2.45, 2.75) is 19.9 Å². The van der Waals surface area contributed by atoms with E-state index < -0.39 is 0 Å². The number of nitrogens with zero attached hydrogens (tertiary/aromatic N) is 1. The molecule has 10 heavy (non-hydrogen) atoms. The number of hydrogen-bond acceptors (Lipinski definition) is 3. The van der Waals surface area contributed by atoms with E-state index in [4.69, 9.17) is 5.11 Å². The molecule has 0 fully saturated rings. The van der Waals surface area contributed by atoms with E-state index >= 15 is 0 Å². The summed E-state index contributed by atoms with van der Waals surface area (Å²) in [7, 11) is 0. The second kappa shape index (κ2) is 6.01. The van der Waals surface area contributed by atoms with Gasteiger partial charge < -0.3 is 5.11 Å². The average Bonchev–Trinajstić information content (AvgIpc) is 1.87. The van der Waals surface area contributed by atoms with Crippen LogP contribution in [0.2, 0.25) is 0 Å². The molecule has 0 aromatic heterocycles. The first-order chi connectivity index (χ1) is 4.72. The summed E-state index contributed by atoms with van der Waals surface area (Å²) in [4.78, 5) is 2.20. The monoisotopic (exact) mass is 163 g/mol. The number of hydrogen-bond donors (Lipinski definition) is 2. The van der Waals surface area contributed by atoms with E-state index in [2.05, 4.69) is 31.4 Å². The van der Waals surface area contributed by atoms with Crippen LogP contribution >= 0.6 is 12.6 Å². The minimum atomic E-state index is 0.242. The molecule has 0 radical (unpaired) electrons. The van der Waals surface area contributed by atoms with Gasteiger partial charge in [-0.3, -0.25) is 4.90 Å². The average molecular weight is 163 g/mol. The van der Waals surface area contributed by atoms with Crippen molar-refractivity contribution in [1.29, 1.82) is 0 Å². The number of aliphatic hydroxyl groups is 1. The summed E-state index contributed by atoms with van der Waals surface area (Å²) < 4.78 is 0. The van der Waals surface area contributed by atoms with Crippen LogP contribution in [0.1, 0.15) is 13.8 Å². The highest BCUT2D eigenvalue weighted by molar-refractivity contribution is 7.80. The molecular weight excluding hydrogens is 146 g/mol. The van der Waals surface area contributed by atoms with Crippen LogP contribution in [-0.4, -0.2) is 41.5 Å². The van der Waals surface area contributed by atoms with E-state index in [1.165, 1.54) is 0 Å². The molecule has 0 aliphatic heterocycles. The third-order valence-electron chi connectivity index (χ3n) is 1.50. The first-order valence-corrected chi connectivity index (χ1v) is 4.31. The van der Waals surface area contributed by atoms with Crippen LogP contribution in [0, 0.1) is 0 Å². The Balaban J connectivity index is 3.50. The highest BCUT2D eigenvalue weighted by Gasteiger charge is 2.05. The van der Waals surface area contributed by atoms with Crippen molar-refractivity contribution in [2.24, 2.45) is 0 Å². The van der Waals surface area contributed by atoms with Crippen molar-refractivity contribution >= 4 is 12.6 Å². The van der Waals surface area contributed by atoms with Crippen molar-refractivity contribution in [3.05, 3.63) is 0 Å². The fourth-order valence-electron chi connectivity index (χ4n) is 0.885. The Morgan fingerprint density at radius 1 is 1.40 bits per heavy atom. The summed E-state index contributed by atoms with van der Waals surface area (Å²) in [6, 6.07) is 0.513. The van der Waals surface area contributed by atoms with Crippen LogP contribution in [0.5, 0.6) is 0 Å². The summed E-state index contributed by atoms with van der Waals surface area (Å²) in [6.07, 6.45) is 0. The van der Waals surface area contributed by atoms with Gasteiger partial charge in [-0.05, 0) is 13.8 Å². The Kier molecular flexibility index (Phi) is 6.17. The highest BCUT2D eigenvalue weighted by atomic mass is 32.1. The maximum absolute atomic E-state index is 8.65. The first kappa shape index (κ1) is 10.3. The van der Waals surface area contributed by atoms with Crippen molar-refractivity contribution in [3.8, 4) is 0 Å². The number of thiol groups is 1. The minimum absolute atomic E-state index is 0.242. The van der Waals surface area contributed by atoms with Crippen molar-refractivity contribution < 1.29 is 5.11 Å². The molecular formula is C7H17NOS. The summed E-state index contributed by atoms with van der Waals surface area (Å²) in [6.45, 7) is 6.21. The largest absolute Gasteiger partial charge is 0.395 e. The van der Waals surface area contributed by atoms with Crippen molar-refractivity contribution in [1.82, 2.24) is 4.90 Å². The molecule has 0 aliphatic rings. The Morgan fingerprint density at radius 3 is 2.30 bits per heavy atom. The minimum Gasteiger partial charge on any atom is -0.395 e. The summed E-state index contributed by atoms with van der Waals surface area (Å²) in [5, 5.41) is 8.65. The third-order valence-corrected chi connectivity index (χ3v) is 1.70. The summed E-state index contributed by atoms with van der Waals surface area (Å²) in [5.74, 6) is 0.859. The van der Waals surface area contributed by atoms with E-state index in [-0.39, 0.29) is 6.61 Å². The molecule has 62 valence electrons. The van der Waals surface area contributed by atoms with E-state index in [1.54, 1.807) is 0 Å². The van der Waals surface area contributed by atoms with E-state index in [9.17, 15) is 0 Å². The fraction of sp³-hybridized carbons (Fsp3) is 1.00. The normalized spacial score (nSPS) is 11.4. The Bertz CT molecular complexity index is 72.0. The van der Waals surface area contributed by atoms with Crippen LogP contribution < -0.4 is 0 Å². The predicted octanol–water partition coefficient (Wildman–Crippen LogP) is 0.619. The lowest BCUT2D eigenvalue weighted by Gasteiger charge is -2.24. The molecule has 0 saturated heterocycles. The lowest BCUT2D eigenvalue weighted by Crippen LogP contribution is -2.34. The van der Waals surface area contributed by atoms with Gasteiger partial charge in [0.05, 0.1) is 6.61 Å². The number of rotatable bonds is 5. The molecule has 0 aromatic carbocycles. The first-order valence-electron chi connectivity index (χ1n) is 3.68. The Hall–Kier alpha value is 0.270. The Morgan fingerprint density at radius 2 is 2.00 bits per heavy atom. The third kappa shape index (κ3) is 4.14. The smallest absolute Gasteiger partial charge is 0.0558 e. The predicted molar refractivity (Wildman–Crippen MR) is 47.6 cm³/mol. The van der Waals surface area contributed by atoms with Gasteiger partial charge in [0, 0.05) is 24.9 Å². The van der Waals surface area contributed by atoms with Gasteiger partial charge in [0.15, 0.2) is 0 Å². The standard InChI is InChI=1S/C7H17NOS/c1-7(2)8(3-5-9)4-6-10/h7,9-10H,3-6H2,1-2H3. The lowest BCUT2D eigenvalue weighted by atomic mass is 10.3. The maximum atomic E-state index is 8.65. The molecule has 0 aromatic rings. The van der Waals surface area contributed by atoms with E-state index in [0.717, 1.165) is 18.8 Å². The molecule has 0 bridgehead atoms. The SMILES string of the molecule is CC(C)N(CCO)CCS. The molecule has 0 rings (SSSR count). The van der Waals surface area contributed by atoms with Gasteiger partial charge in [-0.2, -0.15) is 12.6 Å². The number of aliphatic hydroxyl groups excluding tert-OH is 1. The van der Waals surface area contributed by atoms with Gasteiger partial charge >= 0.3 is 0 Å². The molecule has 3 heteroatoms. The topological polar surface area (TPSA) is 23.5 Å².